The predicted octanol–water partition coefficient (Wildman–Crippen LogP) is 1.03. The Hall–Kier alpha value is -1.12. The standard InChI is InChI=1S/C8H12N2O/c1-3-10-6-8(5-9-10)4-7(2)11/h5-6H,3-4H2,1-2H3. The zero-order valence-electron chi connectivity index (χ0n) is 6.87. The van der Waals surface area contributed by atoms with Crippen molar-refractivity contribution >= 4 is 5.78 Å². The van der Waals surface area contributed by atoms with E-state index in [0.29, 0.717) is 6.42 Å². The summed E-state index contributed by atoms with van der Waals surface area (Å²) in [6, 6.07) is 0. The van der Waals surface area contributed by atoms with Gasteiger partial charge in [0, 0.05) is 19.2 Å². The van der Waals surface area contributed by atoms with Crippen LogP contribution in [-0.2, 0) is 17.8 Å². The van der Waals surface area contributed by atoms with Crippen molar-refractivity contribution in [1.82, 2.24) is 9.78 Å². The van der Waals surface area contributed by atoms with Crippen molar-refractivity contribution in [3.8, 4) is 0 Å². The number of Topliss-reactive ketones (excluding diaryl/α,β-unsaturated/α-hetero) is 1. The van der Waals surface area contributed by atoms with E-state index >= 15 is 0 Å². The molecule has 0 amide bonds. The van der Waals surface area contributed by atoms with Crippen molar-refractivity contribution in [1.29, 1.82) is 0 Å². The zero-order chi connectivity index (χ0) is 8.27. The molecule has 60 valence electrons. The summed E-state index contributed by atoms with van der Waals surface area (Å²) < 4.78 is 1.82. The Morgan fingerprint density at radius 1 is 1.73 bits per heavy atom. The lowest BCUT2D eigenvalue weighted by atomic mass is 10.2. The van der Waals surface area contributed by atoms with Crippen molar-refractivity contribution in [3.05, 3.63) is 18.0 Å². The number of aryl methyl sites for hydroxylation is 1. The summed E-state index contributed by atoms with van der Waals surface area (Å²) in [5.41, 5.74) is 0.999. The number of rotatable bonds is 3. The molecule has 0 aliphatic carbocycles. The van der Waals surface area contributed by atoms with E-state index in [1.54, 1.807) is 13.1 Å². The molecule has 0 aromatic carbocycles. The molecule has 3 nitrogen and oxygen atoms in total. The maximum Gasteiger partial charge on any atom is 0.134 e. The first-order chi connectivity index (χ1) is 5.22. The van der Waals surface area contributed by atoms with Crippen LogP contribution >= 0.6 is 0 Å². The highest BCUT2D eigenvalue weighted by atomic mass is 16.1. The molecule has 0 atom stereocenters. The van der Waals surface area contributed by atoms with E-state index in [2.05, 4.69) is 5.10 Å². The Kier molecular flexibility index (Phi) is 2.41. The van der Waals surface area contributed by atoms with Crippen LogP contribution in [0.5, 0.6) is 0 Å². The fourth-order valence-corrected chi connectivity index (χ4v) is 0.958. The van der Waals surface area contributed by atoms with Crippen LogP contribution in [0.15, 0.2) is 12.4 Å². The van der Waals surface area contributed by atoms with Gasteiger partial charge in [0.1, 0.15) is 5.78 Å². The van der Waals surface area contributed by atoms with Crippen LogP contribution in [-0.4, -0.2) is 15.6 Å². The fraction of sp³-hybridized carbons (Fsp3) is 0.500. The number of aromatic nitrogens is 2. The summed E-state index contributed by atoms with van der Waals surface area (Å²) in [5.74, 6) is 0.181. The number of ketones is 1. The van der Waals surface area contributed by atoms with Gasteiger partial charge in [-0.1, -0.05) is 0 Å². The van der Waals surface area contributed by atoms with E-state index in [1.165, 1.54) is 0 Å². The summed E-state index contributed by atoms with van der Waals surface area (Å²) in [4.78, 5) is 10.7. The molecule has 1 heterocycles. The van der Waals surface area contributed by atoms with Crippen molar-refractivity contribution in [2.75, 3.05) is 0 Å². The molecule has 0 bridgehead atoms. The molecule has 0 unspecified atom stereocenters. The number of hydrogen-bond acceptors (Lipinski definition) is 2. The molecular formula is C8H12N2O. The second-order valence-corrected chi connectivity index (χ2v) is 2.58. The minimum atomic E-state index is 0.181. The molecule has 0 saturated carbocycles. The third-order valence-corrected chi connectivity index (χ3v) is 1.46. The van der Waals surface area contributed by atoms with Gasteiger partial charge in [-0.15, -0.1) is 0 Å². The molecule has 0 spiro atoms. The number of nitrogens with zero attached hydrogens (tertiary/aromatic N) is 2. The van der Waals surface area contributed by atoms with Crippen LogP contribution in [0.25, 0.3) is 0 Å². The van der Waals surface area contributed by atoms with Gasteiger partial charge in [0.05, 0.1) is 6.20 Å². The first-order valence-corrected chi connectivity index (χ1v) is 3.73. The van der Waals surface area contributed by atoms with E-state index in [0.717, 1.165) is 12.1 Å². The number of carbonyl (C=O) groups excluding carboxylic acids is 1. The minimum Gasteiger partial charge on any atom is -0.300 e. The molecule has 1 aromatic rings. The van der Waals surface area contributed by atoms with E-state index in [-0.39, 0.29) is 5.78 Å². The largest absolute Gasteiger partial charge is 0.300 e. The van der Waals surface area contributed by atoms with Crippen LogP contribution < -0.4 is 0 Å². The Balaban J connectivity index is 2.65. The Morgan fingerprint density at radius 2 is 2.45 bits per heavy atom. The van der Waals surface area contributed by atoms with Gasteiger partial charge in [0.25, 0.3) is 0 Å². The maximum absolute atomic E-state index is 10.7. The van der Waals surface area contributed by atoms with Gasteiger partial charge in [-0.3, -0.25) is 9.48 Å². The molecule has 0 aliphatic rings. The molecule has 0 radical (unpaired) electrons. The van der Waals surface area contributed by atoms with E-state index < -0.39 is 0 Å². The first kappa shape index (κ1) is 7.98. The lowest BCUT2D eigenvalue weighted by Crippen LogP contribution is -1.95. The topological polar surface area (TPSA) is 34.9 Å². The van der Waals surface area contributed by atoms with Gasteiger partial charge >= 0.3 is 0 Å². The molecule has 3 heteroatoms. The van der Waals surface area contributed by atoms with Crippen molar-refractivity contribution < 1.29 is 4.79 Å². The first-order valence-electron chi connectivity index (χ1n) is 3.73. The summed E-state index contributed by atoms with van der Waals surface area (Å²) in [5, 5.41) is 4.05. The lowest BCUT2D eigenvalue weighted by Gasteiger charge is -1.90. The average molecular weight is 152 g/mol. The Bertz CT molecular complexity index is 252. The van der Waals surface area contributed by atoms with E-state index in [1.807, 2.05) is 17.8 Å². The number of hydrogen-bond donors (Lipinski definition) is 0. The monoisotopic (exact) mass is 152 g/mol. The normalized spacial score (nSPS) is 10.0. The SMILES string of the molecule is CCn1cc(CC(C)=O)cn1. The predicted molar refractivity (Wildman–Crippen MR) is 42.3 cm³/mol. The van der Waals surface area contributed by atoms with Gasteiger partial charge in [0.2, 0.25) is 0 Å². The van der Waals surface area contributed by atoms with Crippen LogP contribution in [0.1, 0.15) is 19.4 Å². The highest BCUT2D eigenvalue weighted by Crippen LogP contribution is 1.98. The van der Waals surface area contributed by atoms with Gasteiger partial charge in [0.15, 0.2) is 0 Å². The van der Waals surface area contributed by atoms with Crippen molar-refractivity contribution in [2.24, 2.45) is 0 Å². The molecule has 1 aromatic heterocycles. The molecule has 0 N–H and O–H groups in total. The Labute approximate surface area is 66.0 Å². The summed E-state index contributed by atoms with van der Waals surface area (Å²) in [6.07, 6.45) is 4.15. The molecular weight excluding hydrogens is 140 g/mol. The van der Waals surface area contributed by atoms with Crippen LogP contribution in [0.3, 0.4) is 0 Å². The second kappa shape index (κ2) is 3.32. The lowest BCUT2D eigenvalue weighted by molar-refractivity contribution is -0.116. The zero-order valence-corrected chi connectivity index (χ0v) is 6.87. The van der Waals surface area contributed by atoms with Gasteiger partial charge in [-0.2, -0.15) is 5.10 Å². The maximum atomic E-state index is 10.7. The molecule has 0 fully saturated rings. The van der Waals surface area contributed by atoms with Crippen molar-refractivity contribution in [3.63, 3.8) is 0 Å². The minimum absolute atomic E-state index is 0.181. The second-order valence-electron chi connectivity index (χ2n) is 2.58. The Morgan fingerprint density at radius 3 is 2.91 bits per heavy atom. The van der Waals surface area contributed by atoms with Crippen LogP contribution in [0.2, 0.25) is 0 Å². The highest BCUT2D eigenvalue weighted by Gasteiger charge is 1.99. The third kappa shape index (κ3) is 2.18. The molecule has 0 saturated heterocycles. The summed E-state index contributed by atoms with van der Waals surface area (Å²) >= 11 is 0. The highest BCUT2D eigenvalue weighted by molar-refractivity contribution is 5.77. The van der Waals surface area contributed by atoms with Gasteiger partial charge < -0.3 is 0 Å². The van der Waals surface area contributed by atoms with Crippen LogP contribution in [0.4, 0.5) is 0 Å². The molecule has 1 rings (SSSR count). The quantitative estimate of drug-likeness (QED) is 0.648. The molecule has 11 heavy (non-hydrogen) atoms. The van der Waals surface area contributed by atoms with E-state index in [9.17, 15) is 4.79 Å². The summed E-state index contributed by atoms with van der Waals surface area (Å²) in [7, 11) is 0. The van der Waals surface area contributed by atoms with E-state index in [4.69, 9.17) is 0 Å². The average Bonchev–Trinajstić information content (AvgIpc) is 2.34. The van der Waals surface area contributed by atoms with Gasteiger partial charge in [-0.25, -0.2) is 0 Å². The third-order valence-electron chi connectivity index (χ3n) is 1.46. The molecule has 0 aliphatic heterocycles. The fourth-order valence-electron chi connectivity index (χ4n) is 0.958. The number of carbonyl (C=O) groups is 1. The van der Waals surface area contributed by atoms with Gasteiger partial charge in [-0.05, 0) is 19.4 Å². The van der Waals surface area contributed by atoms with Crippen LogP contribution in [0, 0.1) is 0 Å². The smallest absolute Gasteiger partial charge is 0.134 e. The summed E-state index contributed by atoms with van der Waals surface area (Å²) in [6.45, 7) is 4.46. The van der Waals surface area contributed by atoms with Crippen molar-refractivity contribution in [2.45, 2.75) is 26.8 Å².